The first-order valence-corrected chi connectivity index (χ1v) is 9.01. The minimum absolute atomic E-state index is 0.173. The maximum absolute atomic E-state index is 14.3. The van der Waals surface area contributed by atoms with Crippen molar-refractivity contribution in [3.05, 3.63) is 59.4 Å². The number of aliphatic hydroxyl groups is 2. The molecular weight excluding hydrogens is 369 g/mol. The summed E-state index contributed by atoms with van der Waals surface area (Å²) in [5, 5.41) is 22.9. The standard InChI is InChI=1S/C21H23F3N2O2/c1-21(2,11-27)20(28)25-8-7-15-16-9-14(23)10-17(24)19(16)26-18(15)12-3-5-13(22)6-4-12/h3-6,9-10,20,25-28H,7-8,11H2,1-2H3. The van der Waals surface area contributed by atoms with Gasteiger partial charge in [0.15, 0.2) is 0 Å². The highest BCUT2D eigenvalue weighted by molar-refractivity contribution is 5.91. The molecule has 0 spiro atoms. The fourth-order valence-corrected chi connectivity index (χ4v) is 3.09. The topological polar surface area (TPSA) is 68.3 Å². The van der Waals surface area contributed by atoms with Gasteiger partial charge < -0.3 is 15.2 Å². The molecule has 3 aromatic rings. The minimum Gasteiger partial charge on any atom is -0.396 e. The summed E-state index contributed by atoms with van der Waals surface area (Å²) >= 11 is 0. The Morgan fingerprint density at radius 1 is 1.07 bits per heavy atom. The maximum atomic E-state index is 14.3. The van der Waals surface area contributed by atoms with Gasteiger partial charge in [-0.15, -0.1) is 0 Å². The van der Waals surface area contributed by atoms with Crippen LogP contribution in [0.25, 0.3) is 22.2 Å². The molecule has 2 aromatic carbocycles. The van der Waals surface area contributed by atoms with Crippen molar-refractivity contribution in [1.29, 1.82) is 0 Å². The van der Waals surface area contributed by atoms with Crippen molar-refractivity contribution < 1.29 is 23.4 Å². The van der Waals surface area contributed by atoms with Gasteiger partial charge in [0.25, 0.3) is 0 Å². The van der Waals surface area contributed by atoms with Crippen molar-refractivity contribution >= 4 is 10.9 Å². The van der Waals surface area contributed by atoms with Crippen LogP contribution in [0.5, 0.6) is 0 Å². The Morgan fingerprint density at radius 2 is 1.75 bits per heavy atom. The Kier molecular flexibility index (Phi) is 5.79. The molecule has 1 heterocycles. The largest absolute Gasteiger partial charge is 0.396 e. The predicted octanol–water partition coefficient (Wildman–Crippen LogP) is 3.72. The van der Waals surface area contributed by atoms with E-state index in [1.807, 2.05) is 0 Å². The number of aromatic nitrogens is 1. The highest BCUT2D eigenvalue weighted by Gasteiger charge is 2.26. The third-order valence-corrected chi connectivity index (χ3v) is 4.93. The van der Waals surface area contributed by atoms with Crippen molar-refractivity contribution in [3.8, 4) is 11.3 Å². The lowest BCUT2D eigenvalue weighted by molar-refractivity contribution is -0.0134. The maximum Gasteiger partial charge on any atom is 0.150 e. The lowest BCUT2D eigenvalue weighted by Gasteiger charge is -2.29. The van der Waals surface area contributed by atoms with E-state index < -0.39 is 29.1 Å². The van der Waals surface area contributed by atoms with Crippen LogP contribution in [0.4, 0.5) is 13.2 Å². The Bertz CT molecular complexity index is 968. The lowest BCUT2D eigenvalue weighted by atomic mass is 9.92. The molecule has 0 saturated heterocycles. The molecule has 4 nitrogen and oxygen atoms in total. The number of nitrogens with one attached hydrogen (secondary N) is 2. The molecule has 0 bridgehead atoms. The van der Waals surface area contributed by atoms with Crippen LogP contribution in [0.1, 0.15) is 19.4 Å². The SMILES string of the molecule is CC(C)(CO)C(O)NCCc1c(-c2ccc(F)cc2)[nH]c2c(F)cc(F)cc12. The number of H-pyrrole nitrogens is 1. The molecule has 0 radical (unpaired) electrons. The second-order valence-electron chi connectivity index (χ2n) is 7.55. The second-order valence-corrected chi connectivity index (χ2v) is 7.55. The van der Waals surface area contributed by atoms with E-state index >= 15 is 0 Å². The number of halogens is 3. The first-order chi connectivity index (χ1) is 13.2. The van der Waals surface area contributed by atoms with Crippen molar-refractivity contribution in [2.24, 2.45) is 5.41 Å². The van der Waals surface area contributed by atoms with E-state index in [1.165, 1.54) is 18.2 Å². The number of aliphatic hydroxyl groups excluding tert-OH is 2. The predicted molar refractivity (Wildman–Crippen MR) is 102 cm³/mol. The van der Waals surface area contributed by atoms with Gasteiger partial charge in [-0.1, -0.05) is 13.8 Å². The molecule has 28 heavy (non-hydrogen) atoms. The first-order valence-electron chi connectivity index (χ1n) is 9.01. The van der Waals surface area contributed by atoms with Crippen molar-refractivity contribution in [3.63, 3.8) is 0 Å². The van der Waals surface area contributed by atoms with E-state index in [0.717, 1.165) is 6.07 Å². The Labute approximate surface area is 161 Å². The summed E-state index contributed by atoms with van der Waals surface area (Å²) < 4.78 is 41.3. The summed E-state index contributed by atoms with van der Waals surface area (Å²) in [5.41, 5.74) is 1.30. The molecule has 0 fully saturated rings. The number of benzene rings is 2. The number of aromatic amines is 1. The first kappa shape index (κ1) is 20.4. The summed E-state index contributed by atoms with van der Waals surface area (Å²) in [6.45, 7) is 3.53. The highest BCUT2D eigenvalue weighted by atomic mass is 19.1. The average Bonchev–Trinajstić information content (AvgIpc) is 3.01. The third-order valence-electron chi connectivity index (χ3n) is 4.93. The van der Waals surface area contributed by atoms with E-state index in [1.54, 1.807) is 26.0 Å². The molecule has 0 saturated carbocycles. The zero-order valence-electron chi connectivity index (χ0n) is 15.7. The molecule has 3 rings (SSSR count). The zero-order chi connectivity index (χ0) is 20.5. The van der Waals surface area contributed by atoms with Crippen LogP contribution in [0.2, 0.25) is 0 Å². The quantitative estimate of drug-likeness (QED) is 0.463. The number of hydrogen-bond acceptors (Lipinski definition) is 3. The van der Waals surface area contributed by atoms with Gasteiger partial charge in [-0.05, 0) is 47.9 Å². The van der Waals surface area contributed by atoms with Gasteiger partial charge in [0.05, 0.1) is 12.1 Å². The Balaban J connectivity index is 1.97. The molecule has 1 unspecified atom stereocenters. The van der Waals surface area contributed by atoms with Crippen LogP contribution in [-0.4, -0.2) is 34.6 Å². The van der Waals surface area contributed by atoms with Crippen LogP contribution < -0.4 is 5.32 Å². The molecule has 7 heteroatoms. The summed E-state index contributed by atoms with van der Waals surface area (Å²) in [7, 11) is 0. The van der Waals surface area contributed by atoms with Crippen molar-refractivity contribution in [2.45, 2.75) is 26.5 Å². The van der Waals surface area contributed by atoms with E-state index in [0.29, 0.717) is 35.2 Å². The lowest BCUT2D eigenvalue weighted by Crippen LogP contribution is -2.44. The molecule has 4 N–H and O–H groups in total. The highest BCUT2D eigenvalue weighted by Crippen LogP contribution is 2.33. The van der Waals surface area contributed by atoms with E-state index in [4.69, 9.17) is 0 Å². The molecular formula is C21H23F3N2O2. The summed E-state index contributed by atoms with van der Waals surface area (Å²) in [5.74, 6) is -1.79. The monoisotopic (exact) mass is 392 g/mol. The van der Waals surface area contributed by atoms with Crippen LogP contribution in [0.3, 0.4) is 0 Å². The molecule has 1 atom stereocenters. The van der Waals surface area contributed by atoms with Gasteiger partial charge in [-0.25, -0.2) is 13.2 Å². The molecule has 0 amide bonds. The van der Waals surface area contributed by atoms with Crippen LogP contribution in [0, 0.1) is 22.9 Å². The molecule has 0 aliphatic heterocycles. The van der Waals surface area contributed by atoms with E-state index in [9.17, 15) is 23.4 Å². The molecule has 0 aliphatic carbocycles. The van der Waals surface area contributed by atoms with Gasteiger partial charge in [-0.2, -0.15) is 0 Å². The number of fused-ring (bicyclic) bond motifs is 1. The summed E-state index contributed by atoms with van der Waals surface area (Å²) in [6.07, 6.45) is -0.598. The van der Waals surface area contributed by atoms with Crippen LogP contribution in [0.15, 0.2) is 36.4 Å². The van der Waals surface area contributed by atoms with Gasteiger partial charge >= 0.3 is 0 Å². The fraction of sp³-hybridized carbons (Fsp3) is 0.333. The van der Waals surface area contributed by atoms with Crippen molar-refractivity contribution in [2.75, 3.05) is 13.2 Å². The smallest absolute Gasteiger partial charge is 0.150 e. The normalized spacial score (nSPS) is 13.2. The second kappa shape index (κ2) is 7.95. The Morgan fingerprint density at radius 3 is 2.39 bits per heavy atom. The minimum atomic E-state index is -0.953. The van der Waals surface area contributed by atoms with Gasteiger partial charge in [0, 0.05) is 29.1 Å². The molecule has 150 valence electrons. The fourth-order valence-electron chi connectivity index (χ4n) is 3.09. The zero-order valence-corrected chi connectivity index (χ0v) is 15.7. The van der Waals surface area contributed by atoms with Crippen LogP contribution in [-0.2, 0) is 6.42 Å². The number of rotatable bonds is 7. The van der Waals surface area contributed by atoms with Crippen molar-refractivity contribution in [1.82, 2.24) is 10.3 Å². The van der Waals surface area contributed by atoms with E-state index in [-0.39, 0.29) is 12.1 Å². The van der Waals surface area contributed by atoms with Gasteiger partial charge in [-0.3, -0.25) is 5.32 Å². The summed E-state index contributed by atoms with van der Waals surface area (Å²) in [4.78, 5) is 2.98. The summed E-state index contributed by atoms with van der Waals surface area (Å²) in [6, 6.07) is 7.79. The Hall–Kier alpha value is -2.35. The van der Waals surface area contributed by atoms with E-state index in [2.05, 4.69) is 10.3 Å². The van der Waals surface area contributed by atoms with Gasteiger partial charge in [0.2, 0.25) is 0 Å². The number of hydrogen-bond donors (Lipinski definition) is 4. The third kappa shape index (κ3) is 4.06. The average molecular weight is 392 g/mol. The van der Waals surface area contributed by atoms with Crippen LogP contribution >= 0.6 is 0 Å². The van der Waals surface area contributed by atoms with Gasteiger partial charge in [0.1, 0.15) is 23.7 Å². The molecule has 1 aromatic heterocycles. The molecule has 0 aliphatic rings.